The SMILES string of the molecule is CCCNC(C)CCN(CCOC)C(C)C1CC1. The average Bonchev–Trinajstić information content (AvgIpc) is 3.20. The monoisotopic (exact) mass is 256 g/mol. The summed E-state index contributed by atoms with van der Waals surface area (Å²) in [5, 5.41) is 3.57. The van der Waals surface area contributed by atoms with Crippen LogP contribution in [0.3, 0.4) is 0 Å². The standard InChI is InChI=1S/C15H32N2O/c1-5-9-16-13(2)8-10-17(11-12-18-4)14(3)15-6-7-15/h13-16H,5-12H2,1-4H3. The second-order valence-electron chi connectivity index (χ2n) is 5.75. The minimum atomic E-state index is 0.626. The summed E-state index contributed by atoms with van der Waals surface area (Å²) in [5.74, 6) is 0.945. The summed E-state index contributed by atoms with van der Waals surface area (Å²) in [4.78, 5) is 2.62. The van der Waals surface area contributed by atoms with Crippen LogP contribution < -0.4 is 5.32 Å². The predicted octanol–water partition coefficient (Wildman–Crippen LogP) is 2.51. The van der Waals surface area contributed by atoms with Gasteiger partial charge in [0.1, 0.15) is 0 Å². The van der Waals surface area contributed by atoms with Crippen LogP contribution in [0.25, 0.3) is 0 Å². The van der Waals surface area contributed by atoms with E-state index in [2.05, 4.69) is 31.0 Å². The first kappa shape index (κ1) is 15.9. The lowest BCUT2D eigenvalue weighted by molar-refractivity contribution is 0.113. The van der Waals surface area contributed by atoms with Gasteiger partial charge < -0.3 is 10.1 Å². The van der Waals surface area contributed by atoms with E-state index in [4.69, 9.17) is 4.74 Å². The van der Waals surface area contributed by atoms with Gasteiger partial charge in [0.25, 0.3) is 0 Å². The third-order valence-electron chi connectivity index (χ3n) is 4.05. The van der Waals surface area contributed by atoms with Crippen molar-refractivity contribution in [3.8, 4) is 0 Å². The van der Waals surface area contributed by atoms with Gasteiger partial charge in [0.05, 0.1) is 6.61 Å². The van der Waals surface area contributed by atoms with Gasteiger partial charge in [0, 0.05) is 25.7 Å². The molecule has 0 heterocycles. The number of methoxy groups -OCH3 is 1. The quantitative estimate of drug-likeness (QED) is 0.615. The Kier molecular flexibility index (Phi) is 7.87. The predicted molar refractivity (Wildman–Crippen MR) is 78.0 cm³/mol. The molecule has 18 heavy (non-hydrogen) atoms. The molecule has 1 N–H and O–H groups in total. The van der Waals surface area contributed by atoms with E-state index in [9.17, 15) is 0 Å². The van der Waals surface area contributed by atoms with E-state index in [1.54, 1.807) is 7.11 Å². The number of hydrogen-bond acceptors (Lipinski definition) is 3. The molecular formula is C15H32N2O. The highest BCUT2D eigenvalue weighted by molar-refractivity contribution is 4.85. The molecule has 1 aliphatic rings. The Labute approximate surface area is 113 Å². The van der Waals surface area contributed by atoms with E-state index in [0.717, 1.165) is 31.7 Å². The first-order chi connectivity index (χ1) is 8.69. The third-order valence-corrected chi connectivity index (χ3v) is 4.05. The van der Waals surface area contributed by atoms with Crippen molar-refractivity contribution < 1.29 is 4.74 Å². The highest BCUT2D eigenvalue weighted by Gasteiger charge is 2.31. The molecule has 0 spiro atoms. The Morgan fingerprint density at radius 1 is 1.28 bits per heavy atom. The maximum Gasteiger partial charge on any atom is 0.0589 e. The van der Waals surface area contributed by atoms with Crippen molar-refractivity contribution in [2.45, 2.75) is 58.5 Å². The fourth-order valence-electron chi connectivity index (χ4n) is 2.46. The molecule has 3 heteroatoms. The van der Waals surface area contributed by atoms with Gasteiger partial charge >= 0.3 is 0 Å². The van der Waals surface area contributed by atoms with Crippen molar-refractivity contribution in [3.05, 3.63) is 0 Å². The van der Waals surface area contributed by atoms with Crippen molar-refractivity contribution in [1.82, 2.24) is 10.2 Å². The minimum Gasteiger partial charge on any atom is -0.383 e. The van der Waals surface area contributed by atoms with Crippen LogP contribution >= 0.6 is 0 Å². The molecule has 1 rings (SSSR count). The van der Waals surface area contributed by atoms with Crippen LogP contribution in [0.1, 0.15) is 46.5 Å². The molecule has 3 nitrogen and oxygen atoms in total. The lowest BCUT2D eigenvalue weighted by atomic mass is 10.1. The number of nitrogens with one attached hydrogen (secondary N) is 1. The topological polar surface area (TPSA) is 24.5 Å². The molecular weight excluding hydrogens is 224 g/mol. The lowest BCUT2D eigenvalue weighted by Gasteiger charge is -2.30. The zero-order valence-electron chi connectivity index (χ0n) is 12.7. The normalized spacial score (nSPS) is 19.2. The average molecular weight is 256 g/mol. The van der Waals surface area contributed by atoms with E-state index < -0.39 is 0 Å². The van der Waals surface area contributed by atoms with E-state index in [-0.39, 0.29) is 0 Å². The van der Waals surface area contributed by atoms with Gasteiger partial charge in [-0.1, -0.05) is 6.92 Å². The summed E-state index contributed by atoms with van der Waals surface area (Å²) in [6.07, 6.45) is 5.31. The van der Waals surface area contributed by atoms with Crippen LogP contribution in [-0.4, -0.2) is 50.3 Å². The zero-order chi connectivity index (χ0) is 13.4. The maximum absolute atomic E-state index is 5.24. The van der Waals surface area contributed by atoms with Crippen LogP contribution in [0.2, 0.25) is 0 Å². The second kappa shape index (κ2) is 8.89. The summed E-state index contributed by atoms with van der Waals surface area (Å²) in [5.41, 5.74) is 0. The van der Waals surface area contributed by atoms with Gasteiger partial charge in [0.15, 0.2) is 0 Å². The Hall–Kier alpha value is -0.120. The molecule has 0 amide bonds. The van der Waals surface area contributed by atoms with Crippen LogP contribution in [0.4, 0.5) is 0 Å². The molecule has 108 valence electrons. The second-order valence-corrected chi connectivity index (χ2v) is 5.75. The Morgan fingerprint density at radius 2 is 2.00 bits per heavy atom. The van der Waals surface area contributed by atoms with Gasteiger partial charge in [-0.15, -0.1) is 0 Å². The van der Waals surface area contributed by atoms with Crippen molar-refractivity contribution >= 4 is 0 Å². The van der Waals surface area contributed by atoms with Gasteiger partial charge in [-0.3, -0.25) is 4.90 Å². The Balaban J connectivity index is 2.25. The molecule has 0 radical (unpaired) electrons. The first-order valence-corrected chi connectivity index (χ1v) is 7.65. The first-order valence-electron chi connectivity index (χ1n) is 7.65. The molecule has 0 aromatic rings. The largest absolute Gasteiger partial charge is 0.383 e. The van der Waals surface area contributed by atoms with E-state index in [1.807, 2.05) is 0 Å². The number of nitrogens with zero attached hydrogens (tertiary/aromatic N) is 1. The van der Waals surface area contributed by atoms with Crippen molar-refractivity contribution in [2.75, 3.05) is 33.4 Å². The Bertz CT molecular complexity index is 207. The van der Waals surface area contributed by atoms with Gasteiger partial charge in [-0.25, -0.2) is 0 Å². The van der Waals surface area contributed by atoms with Crippen LogP contribution in [0, 0.1) is 5.92 Å². The van der Waals surface area contributed by atoms with Gasteiger partial charge in [-0.2, -0.15) is 0 Å². The van der Waals surface area contributed by atoms with E-state index in [1.165, 1.54) is 32.2 Å². The number of rotatable bonds is 11. The molecule has 0 aliphatic heterocycles. The number of hydrogen-bond donors (Lipinski definition) is 1. The van der Waals surface area contributed by atoms with Gasteiger partial charge in [-0.05, 0) is 58.5 Å². The molecule has 0 aromatic heterocycles. The third kappa shape index (κ3) is 6.17. The van der Waals surface area contributed by atoms with Crippen molar-refractivity contribution in [3.63, 3.8) is 0 Å². The summed E-state index contributed by atoms with van der Waals surface area (Å²) in [6.45, 7) is 11.2. The fraction of sp³-hybridized carbons (Fsp3) is 1.00. The van der Waals surface area contributed by atoms with Crippen LogP contribution in [-0.2, 0) is 4.74 Å². The summed E-state index contributed by atoms with van der Waals surface area (Å²) in [7, 11) is 1.80. The highest BCUT2D eigenvalue weighted by atomic mass is 16.5. The molecule has 0 bridgehead atoms. The molecule has 0 saturated heterocycles. The van der Waals surface area contributed by atoms with E-state index in [0.29, 0.717) is 6.04 Å². The molecule has 1 aliphatic carbocycles. The maximum atomic E-state index is 5.24. The summed E-state index contributed by atoms with van der Waals surface area (Å²) in [6, 6.07) is 1.36. The smallest absolute Gasteiger partial charge is 0.0589 e. The summed E-state index contributed by atoms with van der Waals surface area (Å²) < 4.78 is 5.24. The molecule has 1 fully saturated rings. The van der Waals surface area contributed by atoms with Crippen LogP contribution in [0.15, 0.2) is 0 Å². The van der Waals surface area contributed by atoms with Crippen molar-refractivity contribution in [2.24, 2.45) is 5.92 Å². The van der Waals surface area contributed by atoms with E-state index >= 15 is 0 Å². The van der Waals surface area contributed by atoms with Gasteiger partial charge in [0.2, 0.25) is 0 Å². The molecule has 1 saturated carbocycles. The number of ether oxygens (including phenoxy) is 1. The Morgan fingerprint density at radius 3 is 2.56 bits per heavy atom. The minimum absolute atomic E-state index is 0.626. The molecule has 2 unspecified atom stereocenters. The molecule has 2 atom stereocenters. The fourth-order valence-corrected chi connectivity index (χ4v) is 2.46. The highest BCUT2D eigenvalue weighted by Crippen LogP contribution is 2.35. The van der Waals surface area contributed by atoms with Crippen molar-refractivity contribution in [1.29, 1.82) is 0 Å². The van der Waals surface area contributed by atoms with Crippen LogP contribution in [0.5, 0.6) is 0 Å². The summed E-state index contributed by atoms with van der Waals surface area (Å²) >= 11 is 0. The molecule has 0 aromatic carbocycles. The lowest BCUT2D eigenvalue weighted by Crippen LogP contribution is -2.40. The zero-order valence-corrected chi connectivity index (χ0v) is 12.7.